The normalized spacial score (nSPS) is 12.3. The van der Waals surface area contributed by atoms with Gasteiger partial charge in [-0.05, 0) is 47.4 Å². The lowest BCUT2D eigenvalue weighted by atomic mass is 10.0. The third-order valence-corrected chi connectivity index (χ3v) is 5.58. The van der Waals surface area contributed by atoms with Crippen molar-refractivity contribution in [3.8, 4) is 5.75 Å². The van der Waals surface area contributed by atoms with Crippen molar-refractivity contribution in [3.63, 3.8) is 0 Å². The van der Waals surface area contributed by atoms with E-state index in [4.69, 9.17) is 10.5 Å². The molecule has 0 fully saturated rings. The fourth-order valence-electron chi connectivity index (χ4n) is 3.52. The van der Waals surface area contributed by atoms with Gasteiger partial charge in [-0.25, -0.2) is 0 Å². The average Bonchev–Trinajstić information content (AvgIpc) is 2.90. The van der Waals surface area contributed by atoms with E-state index in [-0.39, 0.29) is 6.54 Å². The number of nitrogens with one attached hydrogen (secondary N) is 2. The first-order valence-electron chi connectivity index (χ1n) is 11.8. The molecule has 3 aromatic carbocycles. The van der Waals surface area contributed by atoms with Crippen LogP contribution in [0.15, 0.2) is 78.9 Å². The predicted molar refractivity (Wildman–Crippen MR) is 136 cm³/mol. The van der Waals surface area contributed by atoms with Gasteiger partial charge in [0.25, 0.3) is 0 Å². The van der Waals surface area contributed by atoms with E-state index < -0.39 is 29.9 Å². The minimum Gasteiger partial charge on any atom is -0.489 e. The van der Waals surface area contributed by atoms with E-state index >= 15 is 0 Å². The molecular weight excluding hydrogens is 458 g/mol. The summed E-state index contributed by atoms with van der Waals surface area (Å²) in [7, 11) is 0. The topological polar surface area (TPSA) is 131 Å². The number of hydrogen-bond acceptors (Lipinski definition) is 5. The van der Waals surface area contributed by atoms with Gasteiger partial charge >= 0.3 is 0 Å². The quantitative estimate of drug-likeness (QED) is 0.311. The van der Waals surface area contributed by atoms with Gasteiger partial charge < -0.3 is 26.2 Å². The molecule has 0 radical (unpaired) electrons. The first-order chi connectivity index (χ1) is 17.4. The highest BCUT2D eigenvalue weighted by molar-refractivity contribution is 5.93. The molecule has 3 amide bonds. The smallest absolute Gasteiger partial charge is 0.249 e. The maximum atomic E-state index is 13.1. The van der Waals surface area contributed by atoms with Crippen LogP contribution in [0.25, 0.3) is 0 Å². The predicted octanol–water partition coefficient (Wildman–Crippen LogP) is 3.00. The van der Waals surface area contributed by atoms with E-state index in [2.05, 4.69) is 10.6 Å². The van der Waals surface area contributed by atoms with Gasteiger partial charge in [0.1, 0.15) is 24.5 Å². The summed E-state index contributed by atoms with van der Waals surface area (Å²) in [5.74, 6) is -0.972. The zero-order chi connectivity index (χ0) is 25.9. The number of carbonyl (C=O) groups excluding carboxylic acids is 3. The lowest BCUT2D eigenvalue weighted by Gasteiger charge is -2.21. The number of hydrogen-bond donors (Lipinski definition) is 4. The molecule has 0 bridgehead atoms. The Morgan fingerprint density at radius 2 is 1.56 bits per heavy atom. The van der Waals surface area contributed by atoms with Crippen LogP contribution < -0.4 is 21.1 Å². The molecule has 0 aliphatic carbocycles. The van der Waals surface area contributed by atoms with Gasteiger partial charge in [0, 0.05) is 12.1 Å². The molecule has 188 valence electrons. The summed E-state index contributed by atoms with van der Waals surface area (Å²) < 4.78 is 5.81. The first kappa shape index (κ1) is 26.4. The van der Waals surface area contributed by atoms with E-state index in [1.165, 1.54) is 0 Å². The van der Waals surface area contributed by atoms with Gasteiger partial charge in [-0.15, -0.1) is 0 Å². The van der Waals surface area contributed by atoms with Crippen LogP contribution in [-0.4, -0.2) is 28.9 Å². The molecule has 1 unspecified atom stereocenters. The van der Waals surface area contributed by atoms with Crippen LogP contribution in [0.3, 0.4) is 0 Å². The number of amides is 3. The van der Waals surface area contributed by atoms with Crippen molar-refractivity contribution >= 4 is 17.7 Å². The van der Waals surface area contributed by atoms with Gasteiger partial charge in [-0.2, -0.15) is 0 Å². The number of benzene rings is 3. The van der Waals surface area contributed by atoms with Crippen molar-refractivity contribution < 1.29 is 24.2 Å². The Kier molecular flexibility index (Phi) is 9.59. The van der Waals surface area contributed by atoms with Crippen LogP contribution in [0, 0.1) is 0 Å². The molecule has 8 heteroatoms. The minimum atomic E-state index is -1.21. The number of carbonyl (C=O) groups is 3. The first-order valence-corrected chi connectivity index (χ1v) is 11.8. The fraction of sp³-hybridized carbons (Fsp3) is 0.250. The summed E-state index contributed by atoms with van der Waals surface area (Å²) in [6, 6.07) is 22.2. The Bertz CT molecular complexity index is 1150. The number of aliphatic hydroxyl groups excluding tert-OH is 1. The van der Waals surface area contributed by atoms with Gasteiger partial charge in [-0.1, -0.05) is 67.9 Å². The molecule has 0 saturated heterocycles. The third-order valence-electron chi connectivity index (χ3n) is 5.58. The fourth-order valence-corrected chi connectivity index (χ4v) is 3.52. The van der Waals surface area contributed by atoms with Crippen LogP contribution in [0.2, 0.25) is 0 Å². The second kappa shape index (κ2) is 13.1. The number of primary amides is 1. The SMILES string of the molecule is CCCC(O)C(=O)N[C@H](C(=O)NCc1ccc(C(N)=O)cc1)c1ccc(OCc2ccccc2)cc1. The standard InChI is InChI=1S/C28H31N3O5/c1-2-6-24(32)27(34)31-25(28(35)30-17-19-9-11-22(12-10-19)26(29)33)21-13-15-23(16-14-21)36-18-20-7-4-3-5-8-20/h3-5,7-16,24-25,32H,2,6,17-18H2,1H3,(H2,29,33)(H,30,35)(H,31,34)/t24?,25-/m0/s1. The van der Waals surface area contributed by atoms with E-state index in [1.807, 2.05) is 37.3 Å². The summed E-state index contributed by atoms with van der Waals surface area (Å²) in [6.07, 6.45) is -0.293. The van der Waals surface area contributed by atoms with Crippen molar-refractivity contribution in [3.05, 3.63) is 101 Å². The summed E-state index contributed by atoms with van der Waals surface area (Å²) in [5, 5.41) is 15.5. The van der Waals surface area contributed by atoms with Crippen LogP contribution in [0.4, 0.5) is 0 Å². The van der Waals surface area contributed by atoms with Gasteiger partial charge in [0.15, 0.2) is 0 Å². The van der Waals surface area contributed by atoms with E-state index in [9.17, 15) is 19.5 Å². The Morgan fingerprint density at radius 3 is 2.17 bits per heavy atom. The van der Waals surface area contributed by atoms with Gasteiger partial charge in [-0.3, -0.25) is 14.4 Å². The van der Waals surface area contributed by atoms with Crippen LogP contribution >= 0.6 is 0 Å². The van der Waals surface area contributed by atoms with E-state index in [0.717, 1.165) is 11.1 Å². The maximum absolute atomic E-state index is 13.1. The highest BCUT2D eigenvalue weighted by Crippen LogP contribution is 2.20. The highest BCUT2D eigenvalue weighted by atomic mass is 16.5. The average molecular weight is 490 g/mol. The monoisotopic (exact) mass is 489 g/mol. The largest absolute Gasteiger partial charge is 0.489 e. The Morgan fingerprint density at radius 1 is 0.889 bits per heavy atom. The second-order valence-corrected chi connectivity index (χ2v) is 8.37. The van der Waals surface area contributed by atoms with Crippen LogP contribution in [0.1, 0.15) is 52.9 Å². The molecule has 5 N–H and O–H groups in total. The minimum absolute atomic E-state index is 0.181. The molecule has 0 aliphatic heterocycles. The van der Waals surface area contributed by atoms with E-state index in [1.54, 1.807) is 48.5 Å². The Hall–Kier alpha value is -4.17. The summed E-state index contributed by atoms with van der Waals surface area (Å²) in [5.41, 5.74) is 7.96. The molecule has 3 rings (SSSR count). The van der Waals surface area contributed by atoms with Crippen molar-refractivity contribution in [2.75, 3.05) is 0 Å². The molecule has 3 aromatic rings. The third kappa shape index (κ3) is 7.68. The van der Waals surface area contributed by atoms with Gasteiger partial charge in [0.2, 0.25) is 17.7 Å². The number of ether oxygens (including phenoxy) is 1. The molecule has 8 nitrogen and oxygen atoms in total. The molecule has 0 spiro atoms. The molecule has 0 aromatic heterocycles. The summed E-state index contributed by atoms with van der Waals surface area (Å²) in [6.45, 7) is 2.44. The van der Waals surface area contributed by atoms with Gasteiger partial charge in [0.05, 0.1) is 0 Å². The summed E-state index contributed by atoms with van der Waals surface area (Å²) >= 11 is 0. The van der Waals surface area contributed by atoms with Crippen LogP contribution in [-0.2, 0) is 22.7 Å². The number of aliphatic hydroxyl groups is 1. The zero-order valence-electron chi connectivity index (χ0n) is 20.1. The number of rotatable bonds is 12. The van der Waals surface area contributed by atoms with Crippen LogP contribution in [0.5, 0.6) is 5.75 Å². The number of nitrogens with two attached hydrogens (primary N) is 1. The highest BCUT2D eigenvalue weighted by Gasteiger charge is 2.25. The zero-order valence-corrected chi connectivity index (χ0v) is 20.1. The van der Waals surface area contributed by atoms with Crippen molar-refractivity contribution in [2.45, 2.75) is 45.1 Å². The Balaban J connectivity index is 1.70. The molecular formula is C28H31N3O5. The van der Waals surface area contributed by atoms with Crippen molar-refractivity contribution in [2.24, 2.45) is 5.73 Å². The maximum Gasteiger partial charge on any atom is 0.249 e. The molecule has 0 aliphatic rings. The lowest BCUT2D eigenvalue weighted by molar-refractivity contribution is -0.134. The second-order valence-electron chi connectivity index (χ2n) is 8.37. The lowest BCUT2D eigenvalue weighted by Crippen LogP contribution is -2.44. The van der Waals surface area contributed by atoms with Crippen molar-refractivity contribution in [1.82, 2.24) is 10.6 Å². The Labute approximate surface area is 210 Å². The molecule has 36 heavy (non-hydrogen) atoms. The van der Waals surface area contributed by atoms with Crippen molar-refractivity contribution in [1.29, 1.82) is 0 Å². The molecule has 0 saturated carbocycles. The summed E-state index contributed by atoms with van der Waals surface area (Å²) in [4.78, 5) is 36.9. The molecule has 2 atom stereocenters. The molecule has 0 heterocycles. The van der Waals surface area contributed by atoms with E-state index in [0.29, 0.717) is 36.3 Å².